The van der Waals surface area contributed by atoms with Gasteiger partial charge in [-0.3, -0.25) is 4.79 Å². The molecule has 1 aromatic heterocycles. The molecule has 0 aliphatic carbocycles. The fourth-order valence-electron chi connectivity index (χ4n) is 1.12. The molecule has 1 heterocycles. The van der Waals surface area contributed by atoms with Crippen molar-refractivity contribution in [3.63, 3.8) is 0 Å². The molecule has 1 amide bonds. The lowest BCUT2D eigenvalue weighted by Gasteiger charge is -2.14. The summed E-state index contributed by atoms with van der Waals surface area (Å²) in [5.74, 6) is 0.488. The molecule has 0 aliphatic rings. The number of hydrogen-bond donors (Lipinski definition) is 2. The Kier molecular flexibility index (Phi) is 5.85. The van der Waals surface area contributed by atoms with Crippen LogP contribution in [0.2, 0.25) is 0 Å². The molecule has 6 nitrogen and oxygen atoms in total. The van der Waals surface area contributed by atoms with Crippen molar-refractivity contribution in [1.29, 1.82) is 0 Å². The second-order valence-corrected chi connectivity index (χ2v) is 4.22. The topological polar surface area (TPSA) is 76.1 Å². The number of anilines is 1. The Morgan fingerprint density at radius 2 is 2.41 bits per heavy atom. The number of aromatic nitrogens is 2. The Morgan fingerprint density at radius 1 is 1.65 bits per heavy atom. The number of halogens is 1. The quantitative estimate of drug-likeness (QED) is 0.760. The van der Waals surface area contributed by atoms with Crippen LogP contribution >= 0.6 is 15.9 Å². The van der Waals surface area contributed by atoms with Crippen molar-refractivity contribution < 1.29 is 9.53 Å². The Bertz CT molecular complexity index is 375. The molecule has 17 heavy (non-hydrogen) atoms. The van der Waals surface area contributed by atoms with Gasteiger partial charge in [-0.1, -0.05) is 0 Å². The van der Waals surface area contributed by atoms with Gasteiger partial charge in [0.1, 0.15) is 18.2 Å². The summed E-state index contributed by atoms with van der Waals surface area (Å²) in [5, 5.41) is 5.72. The van der Waals surface area contributed by atoms with E-state index in [1.54, 1.807) is 20.2 Å². The number of carbonyl (C=O) groups is 1. The van der Waals surface area contributed by atoms with Crippen molar-refractivity contribution >= 4 is 27.7 Å². The first-order chi connectivity index (χ1) is 8.15. The largest absolute Gasteiger partial charge is 0.383 e. The minimum atomic E-state index is -0.377. The summed E-state index contributed by atoms with van der Waals surface area (Å²) in [4.78, 5) is 19.5. The van der Waals surface area contributed by atoms with Gasteiger partial charge in [0.25, 0.3) is 0 Å². The fourth-order valence-corrected chi connectivity index (χ4v) is 1.45. The van der Waals surface area contributed by atoms with E-state index in [1.165, 1.54) is 6.33 Å². The number of hydrogen-bond acceptors (Lipinski definition) is 5. The standard InChI is InChI=1S/C10H15BrN4O2/c1-7(10(16)13-3-4-17-2)15-9-8(11)5-12-6-14-9/h5-7H,3-4H2,1-2H3,(H,13,16)(H,12,14,15). The smallest absolute Gasteiger partial charge is 0.242 e. The third-order valence-corrected chi connectivity index (χ3v) is 2.60. The number of nitrogens with one attached hydrogen (secondary N) is 2. The average Bonchev–Trinajstić information content (AvgIpc) is 2.32. The van der Waals surface area contributed by atoms with E-state index in [4.69, 9.17) is 4.74 Å². The Labute approximate surface area is 108 Å². The molecule has 94 valence electrons. The zero-order valence-electron chi connectivity index (χ0n) is 9.74. The summed E-state index contributed by atoms with van der Waals surface area (Å²) in [6, 6.07) is -0.377. The van der Waals surface area contributed by atoms with Crippen LogP contribution in [0.3, 0.4) is 0 Å². The number of carbonyl (C=O) groups excluding carboxylic acids is 1. The number of rotatable bonds is 6. The van der Waals surface area contributed by atoms with Crippen molar-refractivity contribution in [3.05, 3.63) is 17.0 Å². The molecule has 7 heteroatoms. The van der Waals surface area contributed by atoms with Gasteiger partial charge < -0.3 is 15.4 Å². The molecular weight excluding hydrogens is 288 g/mol. The van der Waals surface area contributed by atoms with Gasteiger partial charge in [0.05, 0.1) is 11.1 Å². The van der Waals surface area contributed by atoms with E-state index in [2.05, 4.69) is 36.5 Å². The fraction of sp³-hybridized carbons (Fsp3) is 0.500. The van der Waals surface area contributed by atoms with Gasteiger partial charge >= 0.3 is 0 Å². The highest BCUT2D eigenvalue weighted by atomic mass is 79.9. The zero-order valence-corrected chi connectivity index (χ0v) is 11.3. The molecule has 2 N–H and O–H groups in total. The van der Waals surface area contributed by atoms with Crippen molar-refractivity contribution in [1.82, 2.24) is 15.3 Å². The monoisotopic (exact) mass is 302 g/mol. The van der Waals surface area contributed by atoms with Crippen LogP contribution in [0.15, 0.2) is 17.0 Å². The second-order valence-electron chi connectivity index (χ2n) is 3.37. The Morgan fingerprint density at radius 3 is 3.06 bits per heavy atom. The normalized spacial score (nSPS) is 11.9. The first-order valence-electron chi connectivity index (χ1n) is 5.14. The summed E-state index contributed by atoms with van der Waals surface area (Å²) >= 11 is 3.30. The third-order valence-electron chi connectivity index (χ3n) is 2.02. The predicted molar refractivity (Wildman–Crippen MR) is 67.7 cm³/mol. The molecule has 0 aliphatic heterocycles. The van der Waals surface area contributed by atoms with E-state index in [0.29, 0.717) is 19.0 Å². The molecule has 1 aromatic rings. The van der Waals surface area contributed by atoms with Gasteiger partial charge in [-0.2, -0.15) is 0 Å². The van der Waals surface area contributed by atoms with E-state index in [0.717, 1.165) is 4.47 Å². The predicted octanol–water partition coefficient (Wildman–Crippen LogP) is 0.802. The van der Waals surface area contributed by atoms with Gasteiger partial charge in [-0.25, -0.2) is 9.97 Å². The highest BCUT2D eigenvalue weighted by Crippen LogP contribution is 2.17. The van der Waals surface area contributed by atoms with Crippen molar-refractivity contribution in [3.8, 4) is 0 Å². The molecule has 0 bridgehead atoms. The zero-order chi connectivity index (χ0) is 12.7. The van der Waals surface area contributed by atoms with Gasteiger partial charge in [0.2, 0.25) is 5.91 Å². The van der Waals surface area contributed by atoms with Crippen molar-refractivity contribution in [2.45, 2.75) is 13.0 Å². The molecule has 1 atom stereocenters. The van der Waals surface area contributed by atoms with Crippen LogP contribution in [0.1, 0.15) is 6.92 Å². The lowest BCUT2D eigenvalue weighted by molar-refractivity contribution is -0.121. The number of methoxy groups -OCH3 is 1. The maximum atomic E-state index is 11.6. The Hall–Kier alpha value is -1.21. The molecule has 0 radical (unpaired) electrons. The van der Waals surface area contributed by atoms with E-state index in [1.807, 2.05) is 0 Å². The summed E-state index contributed by atoms with van der Waals surface area (Å²) in [6.07, 6.45) is 3.04. The maximum absolute atomic E-state index is 11.6. The molecule has 0 fully saturated rings. The average molecular weight is 303 g/mol. The van der Waals surface area contributed by atoms with Crippen LogP contribution < -0.4 is 10.6 Å². The number of ether oxygens (including phenoxy) is 1. The minimum Gasteiger partial charge on any atom is -0.383 e. The van der Waals surface area contributed by atoms with Crippen LogP contribution in [0, 0.1) is 0 Å². The summed E-state index contributed by atoms with van der Waals surface area (Å²) in [7, 11) is 1.59. The molecule has 0 saturated carbocycles. The molecule has 0 spiro atoms. The van der Waals surface area contributed by atoms with Gasteiger partial charge in [0.15, 0.2) is 0 Å². The minimum absolute atomic E-state index is 0.104. The van der Waals surface area contributed by atoms with E-state index in [9.17, 15) is 4.79 Å². The lowest BCUT2D eigenvalue weighted by Crippen LogP contribution is -2.39. The summed E-state index contributed by atoms with van der Waals surface area (Å²) in [5.41, 5.74) is 0. The Balaban J connectivity index is 2.46. The van der Waals surface area contributed by atoms with E-state index >= 15 is 0 Å². The van der Waals surface area contributed by atoms with Crippen LogP contribution in [0.4, 0.5) is 5.82 Å². The lowest BCUT2D eigenvalue weighted by atomic mass is 10.3. The number of nitrogens with zero attached hydrogens (tertiary/aromatic N) is 2. The van der Waals surface area contributed by atoms with Gasteiger partial charge in [0, 0.05) is 19.9 Å². The first-order valence-corrected chi connectivity index (χ1v) is 5.93. The van der Waals surface area contributed by atoms with E-state index in [-0.39, 0.29) is 11.9 Å². The third kappa shape index (κ3) is 4.66. The SMILES string of the molecule is COCCNC(=O)C(C)Nc1ncncc1Br. The molecule has 1 unspecified atom stereocenters. The van der Waals surface area contributed by atoms with E-state index < -0.39 is 0 Å². The van der Waals surface area contributed by atoms with Crippen LogP contribution in [0.25, 0.3) is 0 Å². The molecule has 0 aromatic carbocycles. The van der Waals surface area contributed by atoms with Crippen LogP contribution in [0.5, 0.6) is 0 Å². The number of amides is 1. The van der Waals surface area contributed by atoms with Crippen LogP contribution in [-0.2, 0) is 9.53 Å². The summed E-state index contributed by atoms with van der Waals surface area (Å²) < 4.78 is 5.57. The van der Waals surface area contributed by atoms with Gasteiger partial charge in [-0.15, -0.1) is 0 Å². The van der Waals surface area contributed by atoms with Crippen molar-refractivity contribution in [2.75, 3.05) is 25.6 Å². The maximum Gasteiger partial charge on any atom is 0.242 e. The van der Waals surface area contributed by atoms with Crippen molar-refractivity contribution in [2.24, 2.45) is 0 Å². The molecule has 0 saturated heterocycles. The highest BCUT2D eigenvalue weighted by Gasteiger charge is 2.13. The summed E-state index contributed by atoms with van der Waals surface area (Å²) in [6.45, 7) is 2.75. The first kappa shape index (κ1) is 13.9. The van der Waals surface area contributed by atoms with Crippen LogP contribution in [-0.4, -0.2) is 42.2 Å². The second kappa shape index (κ2) is 7.18. The molecular formula is C10H15BrN4O2. The highest BCUT2D eigenvalue weighted by molar-refractivity contribution is 9.10. The molecule has 1 rings (SSSR count). The van der Waals surface area contributed by atoms with Gasteiger partial charge in [-0.05, 0) is 22.9 Å².